The van der Waals surface area contributed by atoms with Crippen LogP contribution >= 0.6 is 0 Å². The summed E-state index contributed by atoms with van der Waals surface area (Å²) in [4.78, 5) is 4.65. The number of aromatic nitrogens is 4. The summed E-state index contributed by atoms with van der Waals surface area (Å²) in [5.74, 6) is 0.594. The van der Waals surface area contributed by atoms with E-state index in [0.717, 1.165) is 59.6 Å². The number of nitrogens with one attached hydrogen (secondary N) is 1. The summed E-state index contributed by atoms with van der Waals surface area (Å²) in [5, 5.41) is 10.5. The summed E-state index contributed by atoms with van der Waals surface area (Å²) in [6.45, 7) is 2.42. The molecule has 0 unspecified atom stereocenters. The highest BCUT2D eigenvalue weighted by Gasteiger charge is 2.06. The van der Waals surface area contributed by atoms with Crippen LogP contribution in [0.1, 0.15) is 35.4 Å². The van der Waals surface area contributed by atoms with Crippen molar-refractivity contribution in [1.82, 2.24) is 20.4 Å². The summed E-state index contributed by atoms with van der Waals surface area (Å²) < 4.78 is 19.1. The van der Waals surface area contributed by atoms with Crippen molar-refractivity contribution < 1.29 is 9.13 Å². The Labute approximate surface area is 181 Å². The molecule has 0 aliphatic rings. The third-order valence-corrected chi connectivity index (χ3v) is 5.27. The van der Waals surface area contributed by atoms with Gasteiger partial charge in [0.2, 0.25) is 0 Å². The van der Waals surface area contributed by atoms with Crippen LogP contribution < -0.4 is 4.74 Å². The summed E-state index contributed by atoms with van der Waals surface area (Å²) in [5.41, 5.74) is 5.98. The Bertz CT molecular complexity index is 1090. The van der Waals surface area contributed by atoms with Gasteiger partial charge in [-0.05, 0) is 80.6 Å². The van der Waals surface area contributed by atoms with E-state index in [9.17, 15) is 4.39 Å². The van der Waals surface area contributed by atoms with Crippen molar-refractivity contribution >= 4 is 0 Å². The van der Waals surface area contributed by atoms with E-state index >= 15 is 0 Å². The molecule has 2 aromatic carbocycles. The number of hydrogen-bond donors (Lipinski definition) is 1. The van der Waals surface area contributed by atoms with Crippen molar-refractivity contribution in [2.75, 3.05) is 0 Å². The second-order valence-corrected chi connectivity index (χ2v) is 7.55. The van der Waals surface area contributed by atoms with E-state index in [1.54, 1.807) is 18.3 Å². The van der Waals surface area contributed by atoms with Crippen LogP contribution in [0, 0.1) is 12.7 Å². The summed E-state index contributed by atoms with van der Waals surface area (Å²) in [7, 11) is 0. The molecule has 0 spiro atoms. The molecule has 0 amide bonds. The molecule has 1 N–H and O–H groups in total. The van der Waals surface area contributed by atoms with Crippen molar-refractivity contribution in [2.24, 2.45) is 0 Å². The second kappa shape index (κ2) is 9.98. The van der Waals surface area contributed by atoms with Crippen LogP contribution in [0.5, 0.6) is 5.75 Å². The molecule has 6 heteroatoms. The van der Waals surface area contributed by atoms with Gasteiger partial charge in [0, 0.05) is 16.8 Å². The maximum absolute atomic E-state index is 13.1. The van der Waals surface area contributed by atoms with Crippen LogP contribution in [0.15, 0.2) is 66.9 Å². The SMILES string of the molecule is Cc1nc(-c2ccc(F)cc2)ccc1COc1ccc(CCCCc2cn[nH]n2)cc1. The standard InChI is InChI=1S/C25H25FN4O/c1-18-21(10-15-25(28-18)20-8-11-22(26)12-9-20)17-31-24-13-6-19(7-14-24)4-2-3-5-23-16-27-30-29-23/h6-16H,2-5,17H2,1H3,(H,27,29,30). The van der Waals surface area contributed by atoms with E-state index in [1.165, 1.54) is 17.7 Å². The number of nitrogens with zero attached hydrogens (tertiary/aromatic N) is 3. The molecule has 0 bridgehead atoms. The maximum atomic E-state index is 13.1. The molecule has 31 heavy (non-hydrogen) atoms. The number of benzene rings is 2. The summed E-state index contributed by atoms with van der Waals surface area (Å²) in [6.07, 6.45) is 5.96. The molecule has 0 atom stereocenters. The van der Waals surface area contributed by atoms with Crippen LogP contribution in [-0.4, -0.2) is 20.4 Å². The Hall–Kier alpha value is -3.54. The molecule has 4 rings (SSSR count). The topological polar surface area (TPSA) is 63.7 Å². The molecular formula is C25H25FN4O. The zero-order chi connectivity index (χ0) is 21.5. The second-order valence-electron chi connectivity index (χ2n) is 7.55. The van der Waals surface area contributed by atoms with E-state index in [0.29, 0.717) is 6.61 Å². The first-order valence-electron chi connectivity index (χ1n) is 10.5. The molecule has 0 saturated heterocycles. The van der Waals surface area contributed by atoms with Crippen molar-refractivity contribution in [2.45, 2.75) is 39.2 Å². The molecule has 5 nitrogen and oxygen atoms in total. The minimum absolute atomic E-state index is 0.247. The van der Waals surface area contributed by atoms with Gasteiger partial charge < -0.3 is 4.74 Å². The molecule has 0 radical (unpaired) electrons. The van der Waals surface area contributed by atoms with Gasteiger partial charge in [-0.3, -0.25) is 4.98 Å². The van der Waals surface area contributed by atoms with E-state index in [4.69, 9.17) is 4.74 Å². The van der Waals surface area contributed by atoms with Gasteiger partial charge in [-0.1, -0.05) is 18.2 Å². The van der Waals surface area contributed by atoms with Crippen molar-refractivity contribution in [1.29, 1.82) is 0 Å². The molecule has 0 aliphatic heterocycles. The van der Waals surface area contributed by atoms with Gasteiger partial charge in [0.25, 0.3) is 0 Å². The first kappa shape index (κ1) is 20.7. The monoisotopic (exact) mass is 416 g/mol. The lowest BCUT2D eigenvalue weighted by Gasteiger charge is -2.11. The number of halogens is 1. The number of hydrogen-bond acceptors (Lipinski definition) is 4. The fraction of sp³-hybridized carbons (Fsp3) is 0.240. The van der Waals surface area contributed by atoms with E-state index < -0.39 is 0 Å². The Balaban J connectivity index is 1.27. The van der Waals surface area contributed by atoms with Crippen LogP contribution in [0.4, 0.5) is 4.39 Å². The molecular weight excluding hydrogens is 391 g/mol. The maximum Gasteiger partial charge on any atom is 0.123 e. The zero-order valence-corrected chi connectivity index (χ0v) is 17.5. The van der Waals surface area contributed by atoms with E-state index in [2.05, 4.69) is 32.5 Å². The van der Waals surface area contributed by atoms with Gasteiger partial charge >= 0.3 is 0 Å². The lowest BCUT2D eigenvalue weighted by atomic mass is 10.1. The molecule has 0 fully saturated rings. The van der Waals surface area contributed by atoms with Crippen molar-refractivity contribution in [3.63, 3.8) is 0 Å². The molecule has 0 saturated carbocycles. The number of aryl methyl sites for hydroxylation is 3. The number of aromatic amines is 1. The quantitative estimate of drug-likeness (QED) is 0.368. The van der Waals surface area contributed by atoms with Crippen LogP contribution in [-0.2, 0) is 19.4 Å². The van der Waals surface area contributed by atoms with Crippen molar-refractivity contribution in [3.8, 4) is 17.0 Å². The average Bonchev–Trinajstić information content (AvgIpc) is 3.31. The molecule has 158 valence electrons. The van der Waals surface area contributed by atoms with Crippen LogP contribution in [0.25, 0.3) is 11.3 Å². The summed E-state index contributed by atoms with van der Waals surface area (Å²) in [6, 6.07) is 18.6. The van der Waals surface area contributed by atoms with Gasteiger partial charge in [-0.15, -0.1) is 0 Å². The van der Waals surface area contributed by atoms with Crippen molar-refractivity contribution in [3.05, 3.63) is 95.2 Å². The fourth-order valence-corrected chi connectivity index (χ4v) is 3.42. The fourth-order valence-electron chi connectivity index (χ4n) is 3.42. The normalized spacial score (nSPS) is 10.9. The first-order valence-corrected chi connectivity index (χ1v) is 10.5. The average molecular weight is 417 g/mol. The van der Waals surface area contributed by atoms with Crippen LogP contribution in [0.2, 0.25) is 0 Å². The Morgan fingerprint density at radius 2 is 1.68 bits per heavy atom. The molecule has 4 aromatic rings. The minimum Gasteiger partial charge on any atom is -0.489 e. The Kier molecular flexibility index (Phi) is 6.67. The molecule has 0 aliphatic carbocycles. The third-order valence-electron chi connectivity index (χ3n) is 5.27. The number of unbranched alkanes of at least 4 members (excludes halogenated alkanes) is 1. The van der Waals surface area contributed by atoms with Gasteiger partial charge in [0.05, 0.1) is 17.6 Å². The number of ether oxygens (including phenoxy) is 1. The summed E-state index contributed by atoms with van der Waals surface area (Å²) >= 11 is 0. The predicted octanol–water partition coefficient (Wildman–Crippen LogP) is 5.46. The number of pyridine rings is 1. The highest BCUT2D eigenvalue weighted by atomic mass is 19.1. The third kappa shape index (κ3) is 5.75. The zero-order valence-electron chi connectivity index (χ0n) is 17.5. The van der Waals surface area contributed by atoms with E-state index in [-0.39, 0.29) is 5.82 Å². The predicted molar refractivity (Wildman–Crippen MR) is 118 cm³/mol. The smallest absolute Gasteiger partial charge is 0.123 e. The lowest BCUT2D eigenvalue weighted by Crippen LogP contribution is -2.00. The van der Waals surface area contributed by atoms with Gasteiger partial charge in [0.15, 0.2) is 0 Å². The molecule has 2 aromatic heterocycles. The van der Waals surface area contributed by atoms with Gasteiger partial charge in [-0.2, -0.15) is 15.4 Å². The largest absolute Gasteiger partial charge is 0.489 e. The number of rotatable bonds is 9. The van der Waals surface area contributed by atoms with E-state index in [1.807, 2.05) is 31.2 Å². The Morgan fingerprint density at radius 1 is 0.903 bits per heavy atom. The van der Waals surface area contributed by atoms with Gasteiger partial charge in [-0.25, -0.2) is 4.39 Å². The molecule has 2 heterocycles. The number of H-pyrrole nitrogens is 1. The minimum atomic E-state index is -0.247. The van der Waals surface area contributed by atoms with Gasteiger partial charge in [0.1, 0.15) is 18.2 Å². The lowest BCUT2D eigenvalue weighted by molar-refractivity contribution is 0.305. The first-order chi connectivity index (χ1) is 15.2. The van der Waals surface area contributed by atoms with Crippen LogP contribution in [0.3, 0.4) is 0 Å². The highest BCUT2D eigenvalue weighted by molar-refractivity contribution is 5.59. The highest BCUT2D eigenvalue weighted by Crippen LogP contribution is 2.21. The Morgan fingerprint density at radius 3 is 2.39 bits per heavy atom.